The van der Waals surface area contributed by atoms with Crippen molar-refractivity contribution in [2.75, 3.05) is 5.32 Å². The van der Waals surface area contributed by atoms with Gasteiger partial charge in [0, 0.05) is 5.69 Å². The first kappa shape index (κ1) is 13.2. The molecule has 0 atom stereocenters. The Labute approximate surface area is 104 Å². The molecule has 0 heterocycles. The minimum absolute atomic E-state index is 0.949. The van der Waals surface area contributed by atoms with Crippen LogP contribution in [-0.2, 0) is 6.42 Å². The van der Waals surface area contributed by atoms with Crippen LogP contribution in [-0.4, -0.2) is 4.99 Å². The molecule has 0 saturated carbocycles. The molecule has 0 aliphatic heterocycles. The third-order valence-electron chi connectivity index (χ3n) is 2.53. The van der Waals surface area contributed by atoms with E-state index in [1.807, 2.05) is 0 Å². The molecule has 16 heavy (non-hydrogen) atoms. The van der Waals surface area contributed by atoms with Crippen molar-refractivity contribution >= 4 is 22.9 Å². The maximum Gasteiger partial charge on any atom is 0.0797 e. The van der Waals surface area contributed by atoms with Crippen LogP contribution in [0.1, 0.15) is 45.1 Å². The summed E-state index contributed by atoms with van der Waals surface area (Å²) in [6.07, 6.45) is 5.70. The molecule has 0 bridgehead atoms. The second-order valence-corrected chi connectivity index (χ2v) is 4.59. The van der Waals surface area contributed by atoms with Crippen LogP contribution in [0.25, 0.3) is 0 Å². The summed E-state index contributed by atoms with van der Waals surface area (Å²) >= 11 is 5.27. The Hall–Kier alpha value is -0.890. The van der Waals surface area contributed by atoms with Gasteiger partial charge in [-0.05, 0) is 37.0 Å². The van der Waals surface area contributed by atoms with Crippen LogP contribution in [0.2, 0.25) is 0 Å². The molecule has 1 rings (SSSR count). The molecule has 1 N–H and O–H groups in total. The fraction of sp³-hybridized carbons (Fsp3) is 0.500. The number of hydrogen-bond donors (Lipinski definition) is 1. The largest absolute Gasteiger partial charge is 0.350 e. The Kier molecular flexibility index (Phi) is 6.09. The second kappa shape index (κ2) is 7.39. The zero-order valence-electron chi connectivity index (χ0n) is 10.3. The van der Waals surface area contributed by atoms with E-state index in [0.717, 1.165) is 23.5 Å². The van der Waals surface area contributed by atoms with Gasteiger partial charge in [0.1, 0.15) is 0 Å². The average molecular weight is 235 g/mol. The molecule has 0 aliphatic rings. The highest BCUT2D eigenvalue weighted by molar-refractivity contribution is 7.80. The van der Waals surface area contributed by atoms with Gasteiger partial charge < -0.3 is 5.32 Å². The molecule has 88 valence electrons. The molecule has 1 nitrogen and oxygen atoms in total. The lowest BCUT2D eigenvalue weighted by molar-refractivity contribution is 0.839. The molecule has 0 fully saturated rings. The van der Waals surface area contributed by atoms with Gasteiger partial charge in [-0.3, -0.25) is 0 Å². The van der Waals surface area contributed by atoms with Crippen molar-refractivity contribution in [1.82, 2.24) is 0 Å². The van der Waals surface area contributed by atoms with Crippen LogP contribution in [0.4, 0.5) is 5.69 Å². The van der Waals surface area contributed by atoms with Crippen molar-refractivity contribution in [3.05, 3.63) is 29.8 Å². The van der Waals surface area contributed by atoms with Gasteiger partial charge in [0.25, 0.3) is 0 Å². The monoisotopic (exact) mass is 235 g/mol. The third kappa shape index (κ3) is 4.75. The van der Waals surface area contributed by atoms with Crippen LogP contribution in [0, 0.1) is 0 Å². The molecule has 2 heteroatoms. The van der Waals surface area contributed by atoms with Crippen molar-refractivity contribution in [2.45, 2.75) is 46.0 Å². The summed E-state index contributed by atoms with van der Waals surface area (Å²) in [6.45, 7) is 4.38. The SMILES string of the molecule is CCCCC(=S)Nc1ccc(CCC)cc1. The van der Waals surface area contributed by atoms with E-state index in [-0.39, 0.29) is 0 Å². The van der Waals surface area contributed by atoms with Crippen LogP contribution < -0.4 is 5.32 Å². The highest BCUT2D eigenvalue weighted by Gasteiger charge is 1.97. The first-order chi connectivity index (χ1) is 7.76. The van der Waals surface area contributed by atoms with Crippen molar-refractivity contribution in [1.29, 1.82) is 0 Å². The summed E-state index contributed by atoms with van der Waals surface area (Å²) in [5.74, 6) is 0. The molecule has 0 radical (unpaired) electrons. The Morgan fingerprint density at radius 1 is 1.12 bits per heavy atom. The average Bonchev–Trinajstić information content (AvgIpc) is 2.29. The molecule has 0 saturated heterocycles. The van der Waals surface area contributed by atoms with E-state index in [9.17, 15) is 0 Å². The van der Waals surface area contributed by atoms with Crippen molar-refractivity contribution in [2.24, 2.45) is 0 Å². The van der Waals surface area contributed by atoms with Gasteiger partial charge in [0.2, 0.25) is 0 Å². The lowest BCUT2D eigenvalue weighted by Gasteiger charge is -2.08. The van der Waals surface area contributed by atoms with Crippen LogP contribution in [0.5, 0.6) is 0 Å². The Morgan fingerprint density at radius 3 is 2.38 bits per heavy atom. The van der Waals surface area contributed by atoms with E-state index >= 15 is 0 Å². The van der Waals surface area contributed by atoms with E-state index < -0.39 is 0 Å². The van der Waals surface area contributed by atoms with Gasteiger partial charge in [0.05, 0.1) is 4.99 Å². The first-order valence-electron chi connectivity index (χ1n) is 6.15. The summed E-state index contributed by atoms with van der Waals surface area (Å²) in [6, 6.07) is 8.58. The third-order valence-corrected chi connectivity index (χ3v) is 2.84. The molecule has 0 aromatic heterocycles. The smallest absolute Gasteiger partial charge is 0.0797 e. The zero-order chi connectivity index (χ0) is 11.8. The molecule has 0 spiro atoms. The van der Waals surface area contributed by atoms with Crippen LogP contribution in [0.3, 0.4) is 0 Å². The van der Waals surface area contributed by atoms with Gasteiger partial charge >= 0.3 is 0 Å². The highest BCUT2D eigenvalue weighted by atomic mass is 32.1. The molecular formula is C14H21NS. The maximum atomic E-state index is 5.27. The summed E-state index contributed by atoms with van der Waals surface area (Å²) < 4.78 is 0. The molecule has 0 aliphatic carbocycles. The van der Waals surface area contributed by atoms with Crippen LogP contribution >= 0.6 is 12.2 Å². The number of nitrogens with one attached hydrogen (secondary N) is 1. The van der Waals surface area contributed by atoms with E-state index in [1.165, 1.54) is 24.8 Å². The van der Waals surface area contributed by atoms with Crippen molar-refractivity contribution in [3.8, 4) is 0 Å². The van der Waals surface area contributed by atoms with E-state index in [2.05, 4.69) is 43.4 Å². The van der Waals surface area contributed by atoms with Gasteiger partial charge in [-0.15, -0.1) is 0 Å². The summed E-state index contributed by atoms with van der Waals surface area (Å²) in [7, 11) is 0. The van der Waals surface area contributed by atoms with Gasteiger partial charge in [-0.25, -0.2) is 0 Å². The Morgan fingerprint density at radius 2 is 1.81 bits per heavy atom. The molecule has 0 unspecified atom stereocenters. The topological polar surface area (TPSA) is 12.0 Å². The number of thiocarbonyl (C=S) groups is 1. The normalized spacial score (nSPS) is 10.1. The number of benzene rings is 1. The number of hydrogen-bond acceptors (Lipinski definition) is 1. The van der Waals surface area contributed by atoms with Crippen molar-refractivity contribution < 1.29 is 0 Å². The van der Waals surface area contributed by atoms with E-state index in [1.54, 1.807) is 0 Å². The summed E-state index contributed by atoms with van der Waals surface area (Å²) in [5, 5.41) is 3.28. The van der Waals surface area contributed by atoms with Gasteiger partial charge in [0.15, 0.2) is 0 Å². The number of unbranched alkanes of at least 4 members (excludes halogenated alkanes) is 1. The number of anilines is 1. The summed E-state index contributed by atoms with van der Waals surface area (Å²) in [5.41, 5.74) is 2.51. The molecule has 1 aromatic carbocycles. The standard InChI is InChI=1S/C14H21NS/c1-3-5-7-14(16)15-13-10-8-12(6-4-2)9-11-13/h8-11H,3-7H2,1-2H3,(H,15,16). The van der Waals surface area contributed by atoms with Gasteiger partial charge in [-0.2, -0.15) is 0 Å². The molecule has 0 amide bonds. The predicted octanol–water partition coefficient (Wildman–Crippen LogP) is 4.57. The highest BCUT2D eigenvalue weighted by Crippen LogP contribution is 2.12. The molecular weight excluding hydrogens is 214 g/mol. The predicted molar refractivity (Wildman–Crippen MR) is 76.2 cm³/mol. The zero-order valence-corrected chi connectivity index (χ0v) is 11.1. The quantitative estimate of drug-likeness (QED) is 0.725. The fourth-order valence-corrected chi connectivity index (χ4v) is 1.87. The second-order valence-electron chi connectivity index (χ2n) is 4.10. The number of rotatable bonds is 6. The molecule has 1 aromatic rings. The summed E-state index contributed by atoms with van der Waals surface area (Å²) in [4.78, 5) is 0.949. The van der Waals surface area contributed by atoms with E-state index in [4.69, 9.17) is 12.2 Å². The van der Waals surface area contributed by atoms with Crippen LogP contribution in [0.15, 0.2) is 24.3 Å². The van der Waals surface area contributed by atoms with Crippen molar-refractivity contribution in [3.63, 3.8) is 0 Å². The Balaban J connectivity index is 2.45. The minimum atomic E-state index is 0.949. The minimum Gasteiger partial charge on any atom is -0.350 e. The lowest BCUT2D eigenvalue weighted by Crippen LogP contribution is -2.08. The first-order valence-corrected chi connectivity index (χ1v) is 6.56. The maximum absolute atomic E-state index is 5.27. The van der Waals surface area contributed by atoms with Gasteiger partial charge in [-0.1, -0.05) is 51.0 Å². The Bertz CT molecular complexity index is 316. The number of aryl methyl sites for hydroxylation is 1. The lowest BCUT2D eigenvalue weighted by atomic mass is 10.1. The van der Waals surface area contributed by atoms with E-state index in [0.29, 0.717) is 0 Å². The fourth-order valence-electron chi connectivity index (χ4n) is 1.60.